The van der Waals surface area contributed by atoms with E-state index < -0.39 is 78.4 Å². The van der Waals surface area contributed by atoms with E-state index in [0.717, 1.165) is 0 Å². The van der Waals surface area contributed by atoms with E-state index in [1.54, 1.807) is 0 Å². The molecule has 1 aliphatic heterocycles. The van der Waals surface area contributed by atoms with Gasteiger partial charge in [-0.15, -0.1) is 0 Å². The van der Waals surface area contributed by atoms with E-state index in [-0.39, 0.29) is 38.1 Å². The first-order valence-electron chi connectivity index (χ1n) is 16.9. The molecular formula is C32H46N12O8. The standard InChI is InChI=1S/C32H46N12O8/c1-17(2)6-21(33)27(46)43-25(13-45)31(50)44-5-3-4-26(44)30(49)41-23(8-19-11-35-15-38-19)28(47)40-22(7-18-10-34-14-37-18)29(48)42-24(32(51)52)9-20-12-36-16-39-20/h10-12,14-17,21-26,45H,3-9,13,33H2,1-2H3,(H,34,37)(H,35,38)(H,36,39)(H,40,47)(H,41,49)(H,42,48)(H,43,46)(H,51,52)/t21-,22-,23-,24-,25-,26-/m0/s1. The van der Waals surface area contributed by atoms with Crippen molar-refractivity contribution in [1.82, 2.24) is 56.1 Å². The Morgan fingerprint density at radius 2 is 1.27 bits per heavy atom. The van der Waals surface area contributed by atoms with E-state index in [4.69, 9.17) is 5.73 Å². The van der Waals surface area contributed by atoms with Gasteiger partial charge in [-0.3, -0.25) is 24.0 Å². The Kier molecular flexibility index (Phi) is 14.0. The first-order chi connectivity index (χ1) is 24.9. The van der Waals surface area contributed by atoms with Gasteiger partial charge in [-0.2, -0.15) is 0 Å². The van der Waals surface area contributed by atoms with Gasteiger partial charge in [-0.25, -0.2) is 19.7 Å². The fourth-order valence-corrected chi connectivity index (χ4v) is 5.86. The minimum Gasteiger partial charge on any atom is -0.480 e. The number of aliphatic hydroxyl groups is 1. The molecule has 0 radical (unpaired) electrons. The van der Waals surface area contributed by atoms with Crippen molar-refractivity contribution in [2.24, 2.45) is 11.7 Å². The summed E-state index contributed by atoms with van der Waals surface area (Å²) in [5, 5.41) is 30.1. The molecule has 3 aromatic rings. The van der Waals surface area contributed by atoms with Crippen LogP contribution in [0.3, 0.4) is 0 Å². The van der Waals surface area contributed by atoms with Crippen molar-refractivity contribution in [3.05, 3.63) is 54.7 Å². The number of carbonyl (C=O) groups excluding carboxylic acids is 5. The number of aliphatic hydroxyl groups excluding tert-OH is 1. The predicted molar refractivity (Wildman–Crippen MR) is 181 cm³/mol. The monoisotopic (exact) mass is 726 g/mol. The fourth-order valence-electron chi connectivity index (χ4n) is 5.86. The lowest BCUT2D eigenvalue weighted by atomic mass is 10.0. The minimum absolute atomic E-state index is 0.0860. The number of rotatable bonds is 19. The summed E-state index contributed by atoms with van der Waals surface area (Å²) in [4.78, 5) is 101. The van der Waals surface area contributed by atoms with Crippen molar-refractivity contribution in [2.75, 3.05) is 13.2 Å². The van der Waals surface area contributed by atoms with Gasteiger partial charge in [0.1, 0.15) is 30.2 Å². The second-order valence-electron chi connectivity index (χ2n) is 13.0. The molecule has 4 heterocycles. The second-order valence-corrected chi connectivity index (χ2v) is 13.0. The summed E-state index contributed by atoms with van der Waals surface area (Å²) in [6.07, 6.45) is 9.23. The summed E-state index contributed by atoms with van der Waals surface area (Å²) in [5.41, 5.74) is 7.36. The highest BCUT2D eigenvalue weighted by Crippen LogP contribution is 2.19. The van der Waals surface area contributed by atoms with Gasteiger partial charge in [0.15, 0.2) is 0 Å². The number of nitrogens with zero attached hydrogens (tertiary/aromatic N) is 4. The molecule has 52 heavy (non-hydrogen) atoms. The molecule has 6 atom stereocenters. The van der Waals surface area contributed by atoms with E-state index in [1.807, 2.05) is 13.8 Å². The number of amides is 5. The fraction of sp³-hybridized carbons (Fsp3) is 0.531. The van der Waals surface area contributed by atoms with Crippen LogP contribution in [-0.4, -0.2) is 130 Å². The van der Waals surface area contributed by atoms with Crippen molar-refractivity contribution in [2.45, 2.75) is 88.6 Å². The Hall–Kier alpha value is -5.63. The molecule has 4 rings (SSSR count). The highest BCUT2D eigenvalue weighted by Gasteiger charge is 2.39. The van der Waals surface area contributed by atoms with Crippen molar-refractivity contribution < 1.29 is 39.0 Å². The van der Waals surface area contributed by atoms with Crippen LogP contribution < -0.4 is 27.0 Å². The quantitative estimate of drug-likeness (QED) is 0.0602. The van der Waals surface area contributed by atoms with Crippen molar-refractivity contribution in [1.29, 1.82) is 0 Å². The SMILES string of the molecule is CC(C)C[C@H](N)C(=O)N[C@@H](CO)C(=O)N1CCC[C@H]1C(=O)N[C@@H](Cc1cnc[nH]1)C(=O)N[C@@H](Cc1cnc[nH]1)C(=O)N[C@@H](Cc1cnc[nH]1)C(=O)O. The predicted octanol–water partition coefficient (Wildman–Crippen LogP) is -2.74. The zero-order chi connectivity index (χ0) is 37.8. The summed E-state index contributed by atoms with van der Waals surface area (Å²) in [6, 6.07) is -7.23. The minimum atomic E-state index is -1.36. The Balaban J connectivity index is 1.50. The number of aromatic nitrogens is 6. The number of aromatic amines is 3. The second kappa shape index (κ2) is 18.6. The maximum atomic E-state index is 13.9. The number of hydrogen-bond acceptors (Lipinski definition) is 11. The molecular weight excluding hydrogens is 680 g/mol. The molecule has 0 spiro atoms. The Bertz CT molecular complexity index is 1630. The number of H-pyrrole nitrogens is 3. The third-order valence-electron chi connectivity index (χ3n) is 8.52. The Morgan fingerprint density at radius 3 is 1.73 bits per heavy atom. The largest absolute Gasteiger partial charge is 0.480 e. The lowest BCUT2D eigenvalue weighted by Gasteiger charge is -2.30. The molecule has 0 aliphatic carbocycles. The topological polar surface area (TPSA) is 306 Å². The van der Waals surface area contributed by atoms with Crippen LogP contribution in [0.15, 0.2) is 37.6 Å². The van der Waals surface area contributed by atoms with Crippen LogP contribution in [0.5, 0.6) is 0 Å². The van der Waals surface area contributed by atoms with Crippen molar-refractivity contribution >= 4 is 35.5 Å². The van der Waals surface area contributed by atoms with Gasteiger partial charge in [-0.05, 0) is 25.2 Å². The third kappa shape index (κ3) is 10.9. The van der Waals surface area contributed by atoms with Crippen LogP contribution in [0.1, 0.15) is 50.2 Å². The average Bonchev–Trinajstić information content (AvgIpc) is 3.94. The molecule has 0 aromatic carbocycles. The van der Waals surface area contributed by atoms with Gasteiger partial charge < -0.3 is 57.1 Å². The van der Waals surface area contributed by atoms with Crippen LogP contribution >= 0.6 is 0 Å². The molecule has 0 bridgehead atoms. The smallest absolute Gasteiger partial charge is 0.326 e. The van der Waals surface area contributed by atoms with Crippen LogP contribution in [0, 0.1) is 5.92 Å². The highest BCUT2D eigenvalue weighted by molar-refractivity contribution is 5.96. The van der Waals surface area contributed by atoms with Crippen LogP contribution in [-0.2, 0) is 48.0 Å². The highest BCUT2D eigenvalue weighted by atomic mass is 16.4. The summed E-state index contributed by atoms with van der Waals surface area (Å²) in [5.74, 6) is -4.74. The lowest BCUT2D eigenvalue weighted by Crippen LogP contribution is -2.60. The third-order valence-corrected chi connectivity index (χ3v) is 8.52. The molecule has 0 unspecified atom stereocenters. The van der Waals surface area contributed by atoms with E-state index >= 15 is 0 Å². The van der Waals surface area contributed by atoms with Gasteiger partial charge in [-0.1, -0.05) is 13.8 Å². The van der Waals surface area contributed by atoms with Gasteiger partial charge in [0.2, 0.25) is 29.5 Å². The van der Waals surface area contributed by atoms with E-state index in [2.05, 4.69) is 51.2 Å². The van der Waals surface area contributed by atoms with Crippen molar-refractivity contribution in [3.63, 3.8) is 0 Å². The summed E-state index contributed by atoms with van der Waals surface area (Å²) >= 11 is 0. The summed E-state index contributed by atoms with van der Waals surface area (Å²) < 4.78 is 0. The number of nitrogens with one attached hydrogen (secondary N) is 7. The van der Waals surface area contributed by atoms with E-state index in [1.165, 1.54) is 42.5 Å². The van der Waals surface area contributed by atoms with Gasteiger partial charge in [0.25, 0.3) is 0 Å². The lowest BCUT2D eigenvalue weighted by molar-refractivity contribution is -0.143. The normalized spacial score (nSPS) is 17.1. The molecule has 5 amide bonds. The summed E-state index contributed by atoms with van der Waals surface area (Å²) in [7, 11) is 0. The molecule has 1 saturated heterocycles. The maximum absolute atomic E-state index is 13.9. The number of nitrogens with two attached hydrogens (primary N) is 1. The summed E-state index contributed by atoms with van der Waals surface area (Å²) in [6.45, 7) is 3.22. The van der Waals surface area contributed by atoms with Crippen LogP contribution in [0.2, 0.25) is 0 Å². The molecule has 20 nitrogen and oxygen atoms in total. The number of carboxylic acids is 1. The number of hydrogen-bond donors (Lipinski definition) is 10. The molecule has 1 fully saturated rings. The number of imidazole rings is 3. The zero-order valence-corrected chi connectivity index (χ0v) is 28.9. The first-order valence-corrected chi connectivity index (χ1v) is 16.9. The molecule has 20 heteroatoms. The zero-order valence-electron chi connectivity index (χ0n) is 28.9. The average molecular weight is 727 g/mol. The van der Waals surface area contributed by atoms with E-state index in [9.17, 15) is 39.0 Å². The first kappa shape index (κ1) is 39.2. The van der Waals surface area contributed by atoms with Crippen LogP contribution in [0.25, 0.3) is 0 Å². The molecule has 0 saturated carbocycles. The van der Waals surface area contributed by atoms with Crippen molar-refractivity contribution in [3.8, 4) is 0 Å². The number of aliphatic carboxylic acids is 1. The van der Waals surface area contributed by atoms with Gasteiger partial charge in [0.05, 0.1) is 31.6 Å². The molecule has 1 aliphatic rings. The van der Waals surface area contributed by atoms with Gasteiger partial charge >= 0.3 is 5.97 Å². The number of carbonyl (C=O) groups is 6. The Labute approximate surface area is 298 Å². The molecule has 282 valence electrons. The molecule has 3 aromatic heterocycles. The number of likely N-dealkylation sites (tertiary alicyclic amines) is 1. The Morgan fingerprint density at radius 1 is 0.788 bits per heavy atom. The maximum Gasteiger partial charge on any atom is 0.326 e. The van der Waals surface area contributed by atoms with E-state index in [0.29, 0.717) is 29.9 Å². The van der Waals surface area contributed by atoms with Crippen LogP contribution in [0.4, 0.5) is 0 Å². The number of carboxylic acid groups (broad SMARTS) is 1. The molecule has 11 N–H and O–H groups in total. The van der Waals surface area contributed by atoms with Gasteiger partial charge in [0, 0.05) is 61.5 Å².